The second-order valence-corrected chi connectivity index (χ2v) is 12.6. The van der Waals surface area contributed by atoms with Gasteiger partial charge in [-0.25, -0.2) is 22.6 Å². The van der Waals surface area contributed by atoms with Crippen LogP contribution in [0.5, 0.6) is 0 Å². The van der Waals surface area contributed by atoms with Gasteiger partial charge in [0.15, 0.2) is 0 Å². The summed E-state index contributed by atoms with van der Waals surface area (Å²) in [5.74, 6) is 0.207. The number of aromatic nitrogens is 3. The Morgan fingerprint density at radius 1 is 1.07 bits per heavy atom. The number of carbonyl (C=O) groups excluding carboxylic acids is 1. The second-order valence-electron chi connectivity index (χ2n) is 10.9. The zero-order valence-corrected chi connectivity index (χ0v) is 24.4. The van der Waals surface area contributed by atoms with Gasteiger partial charge in [-0.3, -0.25) is 19.5 Å². The Balaban J connectivity index is 1.35. The highest BCUT2D eigenvalue weighted by Crippen LogP contribution is 2.34. The lowest BCUT2D eigenvalue weighted by atomic mass is 9.91. The van der Waals surface area contributed by atoms with E-state index in [0.29, 0.717) is 17.8 Å². The first kappa shape index (κ1) is 28.7. The SMILES string of the molecule is CC(C)N1C(=O)N(c2ccc(NS(=O)(=O)c3ccncc3)c(F)c2)Cc2cnc(NC3CCC(N(C)C)CC3)nc21. The number of hydrogen-bond acceptors (Lipinski definition) is 8. The van der Waals surface area contributed by atoms with Crippen molar-refractivity contribution >= 4 is 39.2 Å². The van der Waals surface area contributed by atoms with E-state index >= 15 is 4.39 Å². The molecule has 2 amide bonds. The summed E-state index contributed by atoms with van der Waals surface area (Å²) in [6.45, 7) is 3.92. The maximum absolute atomic E-state index is 15.1. The quantitative estimate of drug-likeness (QED) is 0.399. The Kier molecular flexibility index (Phi) is 8.09. The van der Waals surface area contributed by atoms with Crippen molar-refractivity contribution in [2.75, 3.05) is 33.9 Å². The van der Waals surface area contributed by atoms with Crippen molar-refractivity contribution in [2.45, 2.75) is 69.1 Å². The molecular formula is C28H35FN8O3S. The van der Waals surface area contributed by atoms with E-state index in [0.717, 1.165) is 37.3 Å². The largest absolute Gasteiger partial charge is 0.351 e. The molecule has 2 aromatic heterocycles. The first-order chi connectivity index (χ1) is 19.5. The van der Waals surface area contributed by atoms with Crippen LogP contribution in [0.3, 0.4) is 0 Å². The predicted molar refractivity (Wildman–Crippen MR) is 156 cm³/mol. The van der Waals surface area contributed by atoms with Crippen LogP contribution in [0.1, 0.15) is 45.1 Å². The number of sulfonamides is 1. The molecule has 0 radical (unpaired) electrons. The lowest BCUT2D eigenvalue weighted by molar-refractivity contribution is 0.221. The van der Waals surface area contributed by atoms with Crippen LogP contribution in [-0.4, -0.2) is 66.5 Å². The number of carbonyl (C=O) groups is 1. The minimum Gasteiger partial charge on any atom is -0.351 e. The summed E-state index contributed by atoms with van der Waals surface area (Å²) in [4.78, 5) is 32.0. The zero-order chi connectivity index (χ0) is 29.3. The number of halogens is 1. The van der Waals surface area contributed by atoms with Gasteiger partial charge in [0, 0.05) is 48.0 Å². The lowest BCUT2D eigenvalue weighted by Gasteiger charge is -2.38. The van der Waals surface area contributed by atoms with E-state index in [4.69, 9.17) is 4.98 Å². The summed E-state index contributed by atoms with van der Waals surface area (Å²) in [7, 11) is 0.213. The third-order valence-corrected chi connectivity index (χ3v) is 8.96. The fourth-order valence-corrected chi connectivity index (χ4v) is 6.36. The van der Waals surface area contributed by atoms with Crippen molar-refractivity contribution in [3.05, 3.63) is 60.3 Å². The number of fused-ring (bicyclic) bond motifs is 1. The maximum atomic E-state index is 15.1. The highest BCUT2D eigenvalue weighted by atomic mass is 32.2. The Labute approximate surface area is 239 Å². The topological polar surface area (TPSA) is 124 Å². The number of amides is 2. The monoisotopic (exact) mass is 582 g/mol. The number of anilines is 4. The number of nitrogens with zero attached hydrogens (tertiary/aromatic N) is 6. The van der Waals surface area contributed by atoms with Gasteiger partial charge in [0.25, 0.3) is 10.0 Å². The Hall–Kier alpha value is -3.84. The molecule has 1 saturated carbocycles. The van der Waals surface area contributed by atoms with Crippen LogP contribution in [0.15, 0.2) is 53.8 Å². The molecule has 13 heteroatoms. The lowest BCUT2D eigenvalue weighted by Crippen LogP contribution is -2.51. The third-order valence-electron chi connectivity index (χ3n) is 7.58. The van der Waals surface area contributed by atoms with Crippen LogP contribution in [-0.2, 0) is 16.6 Å². The molecule has 0 saturated heterocycles. The van der Waals surface area contributed by atoms with E-state index in [9.17, 15) is 13.2 Å². The molecule has 0 unspecified atom stereocenters. The summed E-state index contributed by atoms with van der Waals surface area (Å²) in [6, 6.07) is 6.87. The van der Waals surface area contributed by atoms with Crippen molar-refractivity contribution in [1.29, 1.82) is 0 Å². The summed E-state index contributed by atoms with van der Waals surface area (Å²) >= 11 is 0. The van der Waals surface area contributed by atoms with Gasteiger partial charge < -0.3 is 10.2 Å². The van der Waals surface area contributed by atoms with E-state index in [1.54, 1.807) is 11.1 Å². The third kappa shape index (κ3) is 6.10. The van der Waals surface area contributed by atoms with Crippen LogP contribution < -0.4 is 19.8 Å². The van der Waals surface area contributed by atoms with Crippen molar-refractivity contribution in [3.8, 4) is 0 Å². The molecule has 1 aliphatic carbocycles. The Morgan fingerprint density at radius 2 is 1.78 bits per heavy atom. The summed E-state index contributed by atoms with van der Waals surface area (Å²) in [5, 5.41) is 3.45. The molecule has 2 N–H and O–H groups in total. The summed E-state index contributed by atoms with van der Waals surface area (Å²) in [6.07, 6.45) is 8.62. The molecule has 1 fully saturated rings. The average Bonchev–Trinajstić information content (AvgIpc) is 2.94. The normalized spacial score (nSPS) is 19.4. The molecule has 218 valence electrons. The second kappa shape index (κ2) is 11.6. The van der Waals surface area contributed by atoms with Crippen LogP contribution >= 0.6 is 0 Å². The molecule has 0 atom stereocenters. The van der Waals surface area contributed by atoms with Crippen molar-refractivity contribution in [1.82, 2.24) is 19.9 Å². The highest BCUT2D eigenvalue weighted by molar-refractivity contribution is 7.92. The number of rotatable bonds is 8. The first-order valence-corrected chi connectivity index (χ1v) is 15.1. The van der Waals surface area contributed by atoms with Crippen LogP contribution in [0, 0.1) is 5.82 Å². The first-order valence-electron chi connectivity index (χ1n) is 13.7. The molecule has 41 heavy (non-hydrogen) atoms. The fraction of sp³-hybridized carbons (Fsp3) is 0.429. The van der Waals surface area contributed by atoms with Crippen LogP contribution in [0.4, 0.5) is 32.3 Å². The number of urea groups is 1. The van der Waals surface area contributed by atoms with Crippen molar-refractivity contribution in [3.63, 3.8) is 0 Å². The Bertz CT molecular complexity index is 1510. The Morgan fingerprint density at radius 3 is 2.41 bits per heavy atom. The smallest absolute Gasteiger partial charge is 0.330 e. The molecule has 2 aliphatic rings. The minimum atomic E-state index is -4.01. The molecule has 11 nitrogen and oxygen atoms in total. The van der Waals surface area contributed by atoms with Gasteiger partial charge in [0.1, 0.15) is 11.6 Å². The van der Waals surface area contributed by atoms with Gasteiger partial charge in [0.2, 0.25) is 5.95 Å². The van der Waals surface area contributed by atoms with Crippen molar-refractivity contribution < 1.29 is 17.6 Å². The zero-order valence-electron chi connectivity index (χ0n) is 23.6. The molecule has 1 aromatic carbocycles. The number of benzene rings is 1. The van der Waals surface area contributed by atoms with E-state index in [-0.39, 0.29) is 40.9 Å². The average molecular weight is 583 g/mol. The van der Waals surface area contributed by atoms with Gasteiger partial charge in [-0.2, -0.15) is 4.98 Å². The summed E-state index contributed by atoms with van der Waals surface area (Å²) in [5.41, 5.74) is 0.786. The number of nitrogens with one attached hydrogen (secondary N) is 2. The van der Waals surface area contributed by atoms with Gasteiger partial charge in [-0.05, 0) is 84.0 Å². The van der Waals surface area contributed by atoms with Crippen LogP contribution in [0.25, 0.3) is 0 Å². The fourth-order valence-electron chi connectivity index (χ4n) is 5.31. The van der Waals surface area contributed by atoms with Gasteiger partial charge >= 0.3 is 6.03 Å². The van der Waals surface area contributed by atoms with Crippen molar-refractivity contribution in [2.24, 2.45) is 0 Å². The molecular weight excluding hydrogens is 547 g/mol. The van der Waals surface area contributed by atoms with Gasteiger partial charge in [0.05, 0.1) is 17.1 Å². The molecule has 5 rings (SSSR count). The van der Waals surface area contributed by atoms with E-state index in [1.807, 2.05) is 13.8 Å². The predicted octanol–water partition coefficient (Wildman–Crippen LogP) is 4.45. The van der Waals surface area contributed by atoms with Crippen LogP contribution in [0.2, 0.25) is 0 Å². The van der Waals surface area contributed by atoms with Gasteiger partial charge in [-0.15, -0.1) is 0 Å². The molecule has 1 aliphatic heterocycles. The van der Waals surface area contributed by atoms with E-state index in [1.165, 1.54) is 41.6 Å². The number of pyridine rings is 1. The van der Waals surface area contributed by atoms with Gasteiger partial charge in [-0.1, -0.05) is 0 Å². The highest BCUT2D eigenvalue weighted by Gasteiger charge is 2.35. The standard InChI is InChI=1S/C28H35FN8O3S/c1-18(2)37-26-19(16-31-27(33-26)32-20-5-7-21(8-6-20)35(3)4)17-36(28(37)38)22-9-10-25(24(29)15-22)34-41(39,40)23-11-13-30-14-12-23/h9-16,18,20-21,34H,5-8,17H2,1-4H3,(H,31,32,33). The minimum absolute atomic E-state index is 0.0403. The maximum Gasteiger partial charge on any atom is 0.330 e. The molecule has 0 spiro atoms. The molecule has 3 heterocycles. The molecule has 0 bridgehead atoms. The number of hydrogen-bond donors (Lipinski definition) is 2. The summed E-state index contributed by atoms with van der Waals surface area (Å²) < 4.78 is 42.7. The molecule has 3 aromatic rings. The van der Waals surface area contributed by atoms with E-state index in [2.05, 4.69) is 39.0 Å². The van der Waals surface area contributed by atoms with E-state index < -0.39 is 15.8 Å².